The fourth-order valence-electron chi connectivity index (χ4n) is 7.06. The van der Waals surface area contributed by atoms with E-state index in [-0.39, 0.29) is 11.6 Å². The number of carbonyl (C=O) groups is 2. The first-order valence-corrected chi connectivity index (χ1v) is 11.5. The average molecular weight is 405 g/mol. The molecule has 1 unspecified atom stereocenters. The van der Waals surface area contributed by atoms with E-state index in [0.29, 0.717) is 30.6 Å². The SMILES string of the molecule is C=CC(=O)OC(C)(C)CC(C)(CC)C(=O)OC1(C(C)C)C2CC3CC(C2)CC1C3. The summed E-state index contributed by atoms with van der Waals surface area (Å²) in [6.07, 6.45) is 8.48. The maximum absolute atomic E-state index is 13.6. The summed E-state index contributed by atoms with van der Waals surface area (Å²) in [5, 5.41) is 0. The lowest BCUT2D eigenvalue weighted by atomic mass is 9.47. The maximum atomic E-state index is 13.6. The van der Waals surface area contributed by atoms with Gasteiger partial charge in [0.05, 0.1) is 5.41 Å². The highest BCUT2D eigenvalue weighted by Crippen LogP contribution is 2.62. The van der Waals surface area contributed by atoms with E-state index in [1.807, 2.05) is 27.7 Å². The van der Waals surface area contributed by atoms with Gasteiger partial charge in [0.2, 0.25) is 0 Å². The van der Waals surface area contributed by atoms with Gasteiger partial charge in [0.15, 0.2) is 0 Å². The van der Waals surface area contributed by atoms with E-state index in [4.69, 9.17) is 9.47 Å². The molecule has 4 fully saturated rings. The Balaban J connectivity index is 1.82. The van der Waals surface area contributed by atoms with Gasteiger partial charge in [-0.05, 0) is 88.9 Å². The van der Waals surface area contributed by atoms with Gasteiger partial charge >= 0.3 is 11.9 Å². The molecule has 4 rings (SSSR count). The lowest BCUT2D eigenvalue weighted by Crippen LogP contribution is -2.63. The summed E-state index contributed by atoms with van der Waals surface area (Å²) in [5.41, 5.74) is -1.78. The van der Waals surface area contributed by atoms with E-state index in [2.05, 4.69) is 20.4 Å². The van der Waals surface area contributed by atoms with Crippen LogP contribution in [0.1, 0.15) is 86.5 Å². The zero-order chi connectivity index (χ0) is 21.6. The third kappa shape index (κ3) is 4.01. The fourth-order valence-corrected chi connectivity index (χ4v) is 7.06. The highest BCUT2D eigenvalue weighted by atomic mass is 16.6. The minimum Gasteiger partial charge on any atom is -0.458 e. The summed E-state index contributed by atoms with van der Waals surface area (Å²) in [6.45, 7) is 15.6. The summed E-state index contributed by atoms with van der Waals surface area (Å²) in [5.74, 6) is 2.39. The van der Waals surface area contributed by atoms with Crippen molar-refractivity contribution in [1.82, 2.24) is 0 Å². The molecule has 4 saturated carbocycles. The molecule has 0 amide bonds. The topological polar surface area (TPSA) is 52.6 Å². The van der Waals surface area contributed by atoms with Gasteiger partial charge in [-0.3, -0.25) is 4.79 Å². The van der Waals surface area contributed by atoms with E-state index in [1.165, 1.54) is 38.2 Å². The number of ether oxygens (including phenoxy) is 2. The van der Waals surface area contributed by atoms with Crippen molar-refractivity contribution in [3.8, 4) is 0 Å². The highest BCUT2D eigenvalue weighted by molar-refractivity contribution is 5.82. The summed E-state index contributed by atoms with van der Waals surface area (Å²) in [4.78, 5) is 25.4. The normalized spacial score (nSPS) is 35.3. The van der Waals surface area contributed by atoms with Gasteiger partial charge in [-0.15, -0.1) is 0 Å². The fraction of sp³-hybridized carbons (Fsp3) is 0.840. The number of hydrogen-bond donors (Lipinski definition) is 0. The first kappa shape index (κ1) is 22.4. The third-order valence-electron chi connectivity index (χ3n) is 8.22. The molecule has 164 valence electrons. The van der Waals surface area contributed by atoms with Crippen LogP contribution < -0.4 is 0 Å². The van der Waals surface area contributed by atoms with Crippen molar-refractivity contribution in [3.63, 3.8) is 0 Å². The van der Waals surface area contributed by atoms with Crippen molar-refractivity contribution in [2.45, 2.75) is 97.7 Å². The van der Waals surface area contributed by atoms with Gasteiger partial charge in [-0.1, -0.05) is 27.4 Å². The zero-order valence-corrected chi connectivity index (χ0v) is 19.3. The van der Waals surface area contributed by atoms with Gasteiger partial charge in [-0.25, -0.2) is 4.79 Å². The van der Waals surface area contributed by atoms with Gasteiger partial charge in [0.25, 0.3) is 0 Å². The summed E-state index contributed by atoms with van der Waals surface area (Å²) in [6, 6.07) is 0. The van der Waals surface area contributed by atoms with Gasteiger partial charge in [0, 0.05) is 12.5 Å². The van der Waals surface area contributed by atoms with Crippen LogP contribution in [0.4, 0.5) is 0 Å². The van der Waals surface area contributed by atoms with Crippen molar-refractivity contribution < 1.29 is 19.1 Å². The Kier molecular flexibility index (Phi) is 5.97. The molecule has 4 bridgehead atoms. The van der Waals surface area contributed by atoms with Crippen LogP contribution in [0.25, 0.3) is 0 Å². The Morgan fingerprint density at radius 2 is 1.59 bits per heavy atom. The smallest absolute Gasteiger partial charge is 0.330 e. The predicted molar refractivity (Wildman–Crippen MR) is 114 cm³/mol. The molecular formula is C25H40O4. The van der Waals surface area contributed by atoms with Crippen LogP contribution in [-0.2, 0) is 19.1 Å². The minimum atomic E-state index is -0.760. The largest absolute Gasteiger partial charge is 0.458 e. The molecule has 0 N–H and O–H groups in total. The molecule has 0 aromatic heterocycles. The molecule has 4 nitrogen and oxygen atoms in total. The molecule has 4 aliphatic carbocycles. The van der Waals surface area contributed by atoms with E-state index in [1.54, 1.807) is 0 Å². The predicted octanol–water partition coefficient (Wildman–Crippen LogP) is 5.69. The molecule has 0 aliphatic heterocycles. The lowest BCUT2D eigenvalue weighted by molar-refractivity contribution is -0.234. The molecule has 4 aliphatic rings. The van der Waals surface area contributed by atoms with Crippen LogP contribution >= 0.6 is 0 Å². The first-order chi connectivity index (χ1) is 13.5. The Morgan fingerprint density at radius 3 is 2.00 bits per heavy atom. The van der Waals surface area contributed by atoms with Crippen molar-refractivity contribution in [1.29, 1.82) is 0 Å². The van der Waals surface area contributed by atoms with Crippen LogP contribution in [0.3, 0.4) is 0 Å². The molecule has 0 heterocycles. The summed E-state index contributed by atoms with van der Waals surface area (Å²) < 4.78 is 12.1. The second-order valence-corrected chi connectivity index (χ2v) is 11.2. The Morgan fingerprint density at radius 1 is 1.07 bits per heavy atom. The standard InChI is InChI=1S/C25H40O4/c1-8-21(26)28-23(5,6)15-24(7,9-2)22(27)29-25(16(3)4)19-11-17-10-18(13-19)14-20(25)12-17/h8,16-20H,1,9-15H2,2-7H3. The number of rotatable bonds is 8. The lowest BCUT2D eigenvalue weighted by Gasteiger charge is -2.62. The number of carbonyl (C=O) groups excluding carboxylic acids is 2. The van der Waals surface area contributed by atoms with Crippen LogP contribution in [0.2, 0.25) is 0 Å². The Hall–Kier alpha value is -1.32. The number of esters is 2. The first-order valence-electron chi connectivity index (χ1n) is 11.5. The Bertz CT molecular complexity index is 634. The van der Waals surface area contributed by atoms with Gasteiger partial charge in [0.1, 0.15) is 11.2 Å². The van der Waals surface area contributed by atoms with E-state index in [9.17, 15) is 9.59 Å². The quantitative estimate of drug-likeness (QED) is 0.385. The van der Waals surface area contributed by atoms with Crippen LogP contribution in [0.15, 0.2) is 12.7 Å². The van der Waals surface area contributed by atoms with Crippen LogP contribution in [0.5, 0.6) is 0 Å². The highest BCUT2D eigenvalue weighted by Gasteiger charge is 2.61. The van der Waals surface area contributed by atoms with Crippen molar-refractivity contribution in [2.75, 3.05) is 0 Å². The Labute approximate surface area is 176 Å². The van der Waals surface area contributed by atoms with Gasteiger partial charge < -0.3 is 9.47 Å². The van der Waals surface area contributed by atoms with Crippen LogP contribution in [-0.4, -0.2) is 23.1 Å². The monoisotopic (exact) mass is 404 g/mol. The zero-order valence-electron chi connectivity index (χ0n) is 19.3. The van der Waals surface area contributed by atoms with E-state index >= 15 is 0 Å². The summed E-state index contributed by atoms with van der Waals surface area (Å²) in [7, 11) is 0. The second-order valence-electron chi connectivity index (χ2n) is 11.2. The molecule has 0 aromatic rings. The molecular weight excluding hydrogens is 364 g/mol. The molecule has 0 saturated heterocycles. The average Bonchev–Trinajstić information content (AvgIpc) is 2.62. The molecule has 0 radical (unpaired) electrons. The molecule has 1 atom stereocenters. The molecule has 29 heavy (non-hydrogen) atoms. The van der Waals surface area contributed by atoms with Gasteiger partial charge in [-0.2, -0.15) is 0 Å². The molecule has 0 spiro atoms. The van der Waals surface area contributed by atoms with Crippen molar-refractivity contribution in [2.24, 2.45) is 35.0 Å². The molecule has 0 aromatic carbocycles. The molecule has 4 heteroatoms. The minimum absolute atomic E-state index is 0.121. The van der Waals surface area contributed by atoms with E-state index in [0.717, 1.165) is 11.8 Å². The number of hydrogen-bond acceptors (Lipinski definition) is 4. The summed E-state index contributed by atoms with van der Waals surface area (Å²) >= 11 is 0. The maximum Gasteiger partial charge on any atom is 0.330 e. The van der Waals surface area contributed by atoms with Crippen LogP contribution in [0, 0.1) is 35.0 Å². The third-order valence-corrected chi connectivity index (χ3v) is 8.22. The van der Waals surface area contributed by atoms with E-state index < -0.39 is 17.0 Å². The van der Waals surface area contributed by atoms with Crippen molar-refractivity contribution in [3.05, 3.63) is 12.7 Å². The second kappa shape index (κ2) is 7.74. The van der Waals surface area contributed by atoms with Crippen molar-refractivity contribution >= 4 is 11.9 Å².